The van der Waals surface area contributed by atoms with Gasteiger partial charge in [-0.05, 0) is 36.0 Å². The van der Waals surface area contributed by atoms with Gasteiger partial charge in [-0.1, -0.05) is 54.6 Å². The summed E-state index contributed by atoms with van der Waals surface area (Å²) in [5.41, 5.74) is 3.51. The molecule has 0 spiro atoms. The average molecular weight is 336 g/mol. The topological polar surface area (TPSA) is 58.2 Å². The zero-order valence-corrected chi connectivity index (χ0v) is 14.5. The second-order valence-corrected chi connectivity index (χ2v) is 6.61. The molecular formula is C21H24N2O2. The van der Waals surface area contributed by atoms with Gasteiger partial charge in [0.25, 0.3) is 0 Å². The molecule has 1 fully saturated rings. The number of nitrogens with one attached hydrogen (secondary N) is 2. The van der Waals surface area contributed by atoms with Gasteiger partial charge in [0, 0.05) is 19.0 Å². The Morgan fingerprint density at radius 3 is 2.40 bits per heavy atom. The summed E-state index contributed by atoms with van der Waals surface area (Å²) in [4.78, 5) is 24.1. The molecule has 1 saturated carbocycles. The van der Waals surface area contributed by atoms with Crippen molar-refractivity contribution in [1.29, 1.82) is 0 Å². The Labute approximate surface area is 148 Å². The first-order valence-corrected chi connectivity index (χ1v) is 8.79. The van der Waals surface area contributed by atoms with Crippen molar-refractivity contribution in [2.45, 2.75) is 25.7 Å². The van der Waals surface area contributed by atoms with Crippen LogP contribution in [0, 0.1) is 12.8 Å². The van der Waals surface area contributed by atoms with Crippen LogP contribution in [0.3, 0.4) is 0 Å². The predicted molar refractivity (Wildman–Crippen MR) is 98.2 cm³/mol. The zero-order valence-electron chi connectivity index (χ0n) is 14.5. The van der Waals surface area contributed by atoms with Gasteiger partial charge in [0.1, 0.15) is 0 Å². The Hall–Kier alpha value is -2.62. The molecule has 4 heteroatoms. The molecule has 1 aliphatic carbocycles. The van der Waals surface area contributed by atoms with E-state index in [1.807, 2.05) is 42.5 Å². The molecule has 0 aromatic heterocycles. The molecule has 0 saturated heterocycles. The molecule has 130 valence electrons. The third kappa shape index (κ3) is 4.69. The van der Waals surface area contributed by atoms with Crippen LogP contribution in [0.25, 0.3) is 0 Å². The van der Waals surface area contributed by atoms with Crippen LogP contribution >= 0.6 is 0 Å². The molecular weight excluding hydrogens is 312 g/mol. The number of carbonyl (C=O) groups excluding carboxylic acids is 2. The molecule has 0 bridgehead atoms. The SMILES string of the molecule is Cc1ccccc1[C@H]1C[C@H]1C(=O)NCCNC(=O)Cc1ccccc1. The van der Waals surface area contributed by atoms with Crippen LogP contribution in [-0.4, -0.2) is 24.9 Å². The highest BCUT2D eigenvalue weighted by Crippen LogP contribution is 2.48. The lowest BCUT2D eigenvalue weighted by atomic mass is 10.0. The lowest BCUT2D eigenvalue weighted by Crippen LogP contribution is -2.36. The van der Waals surface area contributed by atoms with Crippen LogP contribution in [0.4, 0.5) is 0 Å². The van der Waals surface area contributed by atoms with Crippen LogP contribution in [0.5, 0.6) is 0 Å². The smallest absolute Gasteiger partial charge is 0.224 e. The van der Waals surface area contributed by atoms with E-state index >= 15 is 0 Å². The number of hydrogen-bond donors (Lipinski definition) is 2. The monoisotopic (exact) mass is 336 g/mol. The van der Waals surface area contributed by atoms with E-state index in [-0.39, 0.29) is 17.7 Å². The van der Waals surface area contributed by atoms with Gasteiger partial charge in [-0.25, -0.2) is 0 Å². The van der Waals surface area contributed by atoms with Crippen LogP contribution < -0.4 is 10.6 Å². The Bertz CT molecular complexity index is 743. The molecule has 3 rings (SSSR count). The number of amides is 2. The fraction of sp³-hybridized carbons (Fsp3) is 0.333. The van der Waals surface area contributed by atoms with Crippen molar-refractivity contribution in [2.75, 3.05) is 13.1 Å². The van der Waals surface area contributed by atoms with Crippen molar-refractivity contribution in [3.63, 3.8) is 0 Å². The second-order valence-electron chi connectivity index (χ2n) is 6.61. The average Bonchev–Trinajstić information content (AvgIpc) is 3.40. The number of aryl methyl sites for hydroxylation is 1. The van der Waals surface area contributed by atoms with Crippen molar-refractivity contribution < 1.29 is 9.59 Å². The van der Waals surface area contributed by atoms with E-state index in [2.05, 4.69) is 29.7 Å². The minimum absolute atomic E-state index is 0.0235. The molecule has 2 aromatic rings. The highest BCUT2D eigenvalue weighted by atomic mass is 16.2. The number of rotatable bonds is 7. The quantitative estimate of drug-likeness (QED) is 0.764. The van der Waals surface area contributed by atoms with Gasteiger partial charge < -0.3 is 10.6 Å². The Morgan fingerprint density at radius 2 is 1.64 bits per heavy atom. The maximum Gasteiger partial charge on any atom is 0.224 e. The molecule has 4 nitrogen and oxygen atoms in total. The van der Waals surface area contributed by atoms with Gasteiger partial charge in [0.05, 0.1) is 6.42 Å². The van der Waals surface area contributed by atoms with Crippen molar-refractivity contribution in [1.82, 2.24) is 10.6 Å². The number of carbonyl (C=O) groups is 2. The summed E-state index contributed by atoms with van der Waals surface area (Å²) in [5, 5.41) is 5.77. The molecule has 2 N–H and O–H groups in total. The molecule has 0 radical (unpaired) electrons. The molecule has 1 aliphatic rings. The fourth-order valence-electron chi connectivity index (χ4n) is 3.19. The van der Waals surface area contributed by atoms with Gasteiger partial charge in [0.2, 0.25) is 11.8 Å². The number of hydrogen-bond acceptors (Lipinski definition) is 2. The van der Waals surface area contributed by atoms with Crippen molar-refractivity contribution in [2.24, 2.45) is 5.92 Å². The lowest BCUT2D eigenvalue weighted by molar-refractivity contribution is -0.123. The van der Waals surface area contributed by atoms with Gasteiger partial charge in [-0.15, -0.1) is 0 Å². The molecule has 2 amide bonds. The van der Waals surface area contributed by atoms with E-state index in [9.17, 15) is 9.59 Å². The summed E-state index contributed by atoms with van der Waals surface area (Å²) in [6.07, 6.45) is 1.28. The van der Waals surface area contributed by atoms with E-state index in [4.69, 9.17) is 0 Å². The summed E-state index contributed by atoms with van der Waals surface area (Å²) >= 11 is 0. The third-order valence-electron chi connectivity index (χ3n) is 4.67. The van der Waals surface area contributed by atoms with Gasteiger partial charge in [-0.3, -0.25) is 9.59 Å². The zero-order chi connectivity index (χ0) is 17.6. The van der Waals surface area contributed by atoms with Gasteiger partial charge >= 0.3 is 0 Å². The first kappa shape index (κ1) is 17.2. The lowest BCUT2D eigenvalue weighted by Gasteiger charge is -2.08. The largest absolute Gasteiger partial charge is 0.354 e. The van der Waals surface area contributed by atoms with Crippen molar-refractivity contribution >= 4 is 11.8 Å². The maximum atomic E-state index is 12.2. The Balaban J connectivity index is 1.35. The summed E-state index contributed by atoms with van der Waals surface area (Å²) in [5.74, 6) is 0.477. The summed E-state index contributed by atoms with van der Waals surface area (Å²) < 4.78 is 0. The standard InChI is InChI=1S/C21H24N2O2/c1-15-7-5-6-10-17(15)18-14-19(18)21(25)23-12-11-22-20(24)13-16-8-3-2-4-9-16/h2-10,18-19H,11-14H2,1H3,(H,22,24)(H,23,25)/t18-,19-/m1/s1. The van der Waals surface area contributed by atoms with Crippen molar-refractivity contribution in [3.8, 4) is 0 Å². The third-order valence-corrected chi connectivity index (χ3v) is 4.67. The van der Waals surface area contributed by atoms with E-state index in [1.54, 1.807) is 0 Å². The molecule has 0 unspecified atom stereocenters. The normalized spacial score (nSPS) is 18.4. The van der Waals surface area contributed by atoms with Gasteiger partial charge in [0.15, 0.2) is 0 Å². The van der Waals surface area contributed by atoms with Crippen LogP contribution in [0.2, 0.25) is 0 Å². The van der Waals surface area contributed by atoms with Crippen LogP contribution in [0.1, 0.15) is 29.0 Å². The summed E-state index contributed by atoms with van der Waals surface area (Å²) in [6, 6.07) is 17.9. The predicted octanol–water partition coefficient (Wildman–Crippen LogP) is 2.57. The molecule has 2 atom stereocenters. The molecule has 25 heavy (non-hydrogen) atoms. The fourth-order valence-corrected chi connectivity index (χ4v) is 3.19. The number of benzene rings is 2. The summed E-state index contributed by atoms with van der Waals surface area (Å²) in [7, 11) is 0. The first-order valence-electron chi connectivity index (χ1n) is 8.79. The minimum atomic E-state index is -0.0235. The van der Waals surface area contributed by atoms with E-state index in [1.165, 1.54) is 11.1 Å². The van der Waals surface area contributed by atoms with Crippen molar-refractivity contribution in [3.05, 3.63) is 71.3 Å². The minimum Gasteiger partial charge on any atom is -0.354 e. The highest BCUT2D eigenvalue weighted by Gasteiger charge is 2.44. The molecule has 0 heterocycles. The van der Waals surface area contributed by atoms with Crippen LogP contribution in [-0.2, 0) is 16.0 Å². The molecule has 0 aliphatic heterocycles. The maximum absolute atomic E-state index is 12.2. The van der Waals surface area contributed by atoms with Gasteiger partial charge in [-0.2, -0.15) is 0 Å². The van der Waals surface area contributed by atoms with E-state index in [0.717, 1.165) is 12.0 Å². The Morgan fingerprint density at radius 1 is 0.960 bits per heavy atom. The molecule has 2 aromatic carbocycles. The van der Waals surface area contributed by atoms with E-state index < -0.39 is 0 Å². The second kappa shape index (κ2) is 7.97. The van der Waals surface area contributed by atoms with Crippen LogP contribution in [0.15, 0.2) is 54.6 Å². The Kier molecular flexibility index (Phi) is 5.49. The first-order chi connectivity index (χ1) is 12.1. The van der Waals surface area contributed by atoms with E-state index in [0.29, 0.717) is 25.4 Å². The summed E-state index contributed by atoms with van der Waals surface area (Å²) in [6.45, 7) is 3.01. The highest BCUT2D eigenvalue weighted by molar-refractivity contribution is 5.83.